The van der Waals surface area contributed by atoms with Gasteiger partial charge in [0.2, 0.25) is 5.91 Å². The Kier molecular flexibility index (Phi) is 3.87. The van der Waals surface area contributed by atoms with E-state index in [1.54, 1.807) is 0 Å². The van der Waals surface area contributed by atoms with Crippen LogP contribution in [0.1, 0.15) is 25.3 Å². The fourth-order valence-electron chi connectivity index (χ4n) is 2.28. The monoisotopic (exact) mass is 247 g/mol. The van der Waals surface area contributed by atoms with Crippen LogP contribution in [0.2, 0.25) is 0 Å². The molecule has 4 heteroatoms. The number of aryl methyl sites for hydroxylation is 1. The number of fused-ring (bicyclic) bond motifs is 1. The van der Waals surface area contributed by atoms with Gasteiger partial charge in [-0.25, -0.2) is 0 Å². The van der Waals surface area contributed by atoms with Gasteiger partial charge >= 0.3 is 0 Å². The summed E-state index contributed by atoms with van der Waals surface area (Å²) in [6.45, 7) is 2.88. The Bertz CT molecular complexity index is 445. The summed E-state index contributed by atoms with van der Waals surface area (Å²) in [6.07, 6.45) is 2.39. The highest BCUT2D eigenvalue weighted by Gasteiger charge is 2.16. The molecule has 1 aromatic carbocycles. The lowest BCUT2D eigenvalue weighted by Gasteiger charge is -2.28. The summed E-state index contributed by atoms with van der Waals surface area (Å²) in [6, 6.07) is 6.64. The third-order valence-corrected chi connectivity index (χ3v) is 3.64. The Labute approximate surface area is 108 Å². The minimum Gasteiger partial charge on any atom is -0.372 e. The van der Waals surface area contributed by atoms with Crippen molar-refractivity contribution in [3.63, 3.8) is 0 Å². The fraction of sp³-hybridized carbons (Fsp3) is 0.500. The van der Waals surface area contributed by atoms with Gasteiger partial charge in [-0.3, -0.25) is 4.79 Å². The van der Waals surface area contributed by atoms with Crippen LogP contribution in [0.3, 0.4) is 0 Å². The molecule has 0 aromatic heterocycles. The average molecular weight is 247 g/mol. The second-order valence-electron chi connectivity index (χ2n) is 4.93. The molecule has 0 fully saturated rings. The maximum Gasteiger partial charge on any atom is 0.224 e. The van der Waals surface area contributed by atoms with Gasteiger partial charge in [0.05, 0.1) is 0 Å². The molecule has 1 unspecified atom stereocenters. The molecule has 1 atom stereocenters. The van der Waals surface area contributed by atoms with E-state index in [-0.39, 0.29) is 5.91 Å². The molecule has 0 saturated carbocycles. The van der Waals surface area contributed by atoms with E-state index in [9.17, 15) is 4.79 Å². The lowest BCUT2D eigenvalue weighted by atomic mass is 10.0. The van der Waals surface area contributed by atoms with Crippen LogP contribution in [0.4, 0.5) is 11.4 Å². The van der Waals surface area contributed by atoms with E-state index < -0.39 is 0 Å². The molecule has 98 valence electrons. The summed E-state index contributed by atoms with van der Waals surface area (Å²) >= 11 is 0. The summed E-state index contributed by atoms with van der Waals surface area (Å²) in [7, 11) is 2.09. The van der Waals surface area contributed by atoms with Crippen molar-refractivity contribution < 1.29 is 4.79 Å². The van der Waals surface area contributed by atoms with E-state index in [4.69, 9.17) is 5.73 Å². The predicted octanol–water partition coefficient (Wildman–Crippen LogP) is 1.74. The van der Waals surface area contributed by atoms with Gasteiger partial charge in [0.15, 0.2) is 0 Å². The van der Waals surface area contributed by atoms with E-state index in [0.717, 1.165) is 18.5 Å². The number of hydrogen-bond donors (Lipinski definition) is 2. The first-order chi connectivity index (χ1) is 8.61. The molecule has 1 amide bonds. The molecule has 4 nitrogen and oxygen atoms in total. The number of benzene rings is 1. The van der Waals surface area contributed by atoms with Crippen LogP contribution in [0, 0.1) is 0 Å². The van der Waals surface area contributed by atoms with Crippen LogP contribution in [0.25, 0.3) is 0 Å². The highest BCUT2D eigenvalue weighted by molar-refractivity contribution is 5.94. The zero-order chi connectivity index (χ0) is 13.1. The van der Waals surface area contributed by atoms with Crippen molar-refractivity contribution in [1.82, 2.24) is 0 Å². The molecule has 0 bridgehead atoms. The minimum absolute atomic E-state index is 0.111. The summed E-state index contributed by atoms with van der Waals surface area (Å²) in [5.41, 5.74) is 8.96. The van der Waals surface area contributed by atoms with Crippen molar-refractivity contribution in [3.8, 4) is 0 Å². The molecule has 0 saturated heterocycles. The number of rotatable bonds is 4. The molecule has 2 rings (SSSR count). The lowest BCUT2D eigenvalue weighted by molar-refractivity contribution is -0.116. The normalized spacial score (nSPS) is 15.8. The van der Waals surface area contributed by atoms with Gasteiger partial charge in [-0.1, -0.05) is 0 Å². The molecule has 1 heterocycles. The van der Waals surface area contributed by atoms with Gasteiger partial charge in [0, 0.05) is 30.9 Å². The predicted molar refractivity (Wildman–Crippen MR) is 74.9 cm³/mol. The number of anilines is 2. The van der Waals surface area contributed by atoms with E-state index in [0.29, 0.717) is 19.0 Å². The number of nitrogens with one attached hydrogen (secondary N) is 1. The Balaban J connectivity index is 2.18. The zero-order valence-corrected chi connectivity index (χ0v) is 11.1. The van der Waals surface area contributed by atoms with Gasteiger partial charge in [0.25, 0.3) is 0 Å². The first kappa shape index (κ1) is 12.9. The largest absolute Gasteiger partial charge is 0.372 e. The molecule has 0 aliphatic carbocycles. The Hall–Kier alpha value is -1.55. The van der Waals surface area contributed by atoms with Crippen molar-refractivity contribution >= 4 is 17.3 Å². The van der Waals surface area contributed by atoms with Crippen LogP contribution in [-0.4, -0.2) is 25.5 Å². The molecule has 0 radical (unpaired) electrons. The second-order valence-corrected chi connectivity index (χ2v) is 4.93. The van der Waals surface area contributed by atoms with Crippen molar-refractivity contribution in [2.45, 2.75) is 32.2 Å². The van der Waals surface area contributed by atoms with Crippen LogP contribution in [0.15, 0.2) is 18.2 Å². The first-order valence-electron chi connectivity index (χ1n) is 6.47. The molecule has 3 N–H and O–H groups in total. The SMILES string of the molecule is CC(CCN)N(C)c1ccc2c(c1)CCC(=O)N2. The maximum atomic E-state index is 11.3. The molecular weight excluding hydrogens is 226 g/mol. The highest BCUT2D eigenvalue weighted by Crippen LogP contribution is 2.28. The number of hydrogen-bond acceptors (Lipinski definition) is 3. The maximum absolute atomic E-state index is 11.3. The zero-order valence-electron chi connectivity index (χ0n) is 11.1. The van der Waals surface area contributed by atoms with Gasteiger partial charge in [-0.05, 0) is 50.1 Å². The topological polar surface area (TPSA) is 58.4 Å². The van der Waals surface area contributed by atoms with Gasteiger partial charge in [0.1, 0.15) is 0 Å². The van der Waals surface area contributed by atoms with Gasteiger partial charge in [-0.15, -0.1) is 0 Å². The molecule has 0 spiro atoms. The van der Waals surface area contributed by atoms with Crippen LogP contribution >= 0.6 is 0 Å². The molecule has 1 aliphatic heterocycles. The number of carbonyl (C=O) groups excluding carboxylic acids is 1. The van der Waals surface area contributed by atoms with Crippen molar-refractivity contribution in [3.05, 3.63) is 23.8 Å². The van der Waals surface area contributed by atoms with Crippen molar-refractivity contribution in [2.75, 3.05) is 23.8 Å². The third-order valence-electron chi connectivity index (χ3n) is 3.64. The molecule has 1 aromatic rings. The number of carbonyl (C=O) groups is 1. The van der Waals surface area contributed by atoms with Crippen molar-refractivity contribution in [2.24, 2.45) is 5.73 Å². The molecule has 18 heavy (non-hydrogen) atoms. The standard InChI is InChI=1S/C14H21N3O/c1-10(7-8-15)17(2)12-4-5-13-11(9-12)3-6-14(18)16-13/h4-5,9-10H,3,6-8,15H2,1-2H3,(H,16,18). The minimum atomic E-state index is 0.111. The van der Waals surface area contributed by atoms with Crippen LogP contribution in [0.5, 0.6) is 0 Å². The number of amides is 1. The quantitative estimate of drug-likeness (QED) is 0.852. The summed E-state index contributed by atoms with van der Waals surface area (Å²) < 4.78 is 0. The Morgan fingerprint density at radius 2 is 2.22 bits per heavy atom. The smallest absolute Gasteiger partial charge is 0.224 e. The van der Waals surface area contributed by atoms with E-state index in [2.05, 4.69) is 36.3 Å². The molecule has 1 aliphatic rings. The van der Waals surface area contributed by atoms with Crippen LogP contribution in [-0.2, 0) is 11.2 Å². The number of nitrogens with two attached hydrogens (primary N) is 1. The van der Waals surface area contributed by atoms with Gasteiger partial charge in [-0.2, -0.15) is 0 Å². The second kappa shape index (κ2) is 5.40. The first-order valence-corrected chi connectivity index (χ1v) is 6.47. The molecular formula is C14H21N3O. The van der Waals surface area contributed by atoms with Crippen LogP contribution < -0.4 is 16.0 Å². The Morgan fingerprint density at radius 1 is 1.44 bits per heavy atom. The fourth-order valence-corrected chi connectivity index (χ4v) is 2.28. The van der Waals surface area contributed by atoms with Gasteiger partial charge < -0.3 is 16.0 Å². The highest BCUT2D eigenvalue weighted by atomic mass is 16.1. The summed E-state index contributed by atoms with van der Waals surface area (Å²) in [5, 5.41) is 2.90. The van der Waals surface area contributed by atoms with E-state index in [1.165, 1.54) is 11.3 Å². The third kappa shape index (κ3) is 2.64. The van der Waals surface area contributed by atoms with E-state index in [1.807, 2.05) is 6.07 Å². The summed E-state index contributed by atoms with van der Waals surface area (Å²) in [5.74, 6) is 0.111. The van der Waals surface area contributed by atoms with E-state index >= 15 is 0 Å². The van der Waals surface area contributed by atoms with Crippen molar-refractivity contribution in [1.29, 1.82) is 0 Å². The number of nitrogens with zero attached hydrogens (tertiary/aromatic N) is 1. The Morgan fingerprint density at radius 3 is 2.94 bits per heavy atom. The average Bonchev–Trinajstić information content (AvgIpc) is 2.37. The lowest BCUT2D eigenvalue weighted by Crippen LogP contribution is -2.31. The summed E-state index contributed by atoms with van der Waals surface area (Å²) in [4.78, 5) is 13.5.